The molecule has 0 saturated carbocycles. The second-order valence-corrected chi connectivity index (χ2v) is 7.91. The molecular formula is C22H40O3. The first-order valence-electron chi connectivity index (χ1n) is 10.9. The molecule has 2 atom stereocenters. The summed E-state index contributed by atoms with van der Waals surface area (Å²) in [5.41, 5.74) is 0. The molecule has 1 fully saturated rings. The summed E-state index contributed by atoms with van der Waals surface area (Å²) in [7, 11) is 0. The first-order chi connectivity index (χ1) is 12.2. The summed E-state index contributed by atoms with van der Waals surface area (Å²) < 4.78 is 4.73. The Morgan fingerprint density at radius 3 is 1.72 bits per heavy atom. The molecule has 1 heterocycles. The van der Waals surface area contributed by atoms with E-state index in [1.54, 1.807) is 0 Å². The van der Waals surface area contributed by atoms with Crippen LogP contribution >= 0.6 is 0 Å². The van der Waals surface area contributed by atoms with Gasteiger partial charge in [0.2, 0.25) is 0 Å². The molecule has 2 unspecified atom stereocenters. The van der Waals surface area contributed by atoms with Gasteiger partial charge in [-0.15, -0.1) is 0 Å². The number of hydrogen-bond donors (Lipinski definition) is 0. The first kappa shape index (κ1) is 22.2. The van der Waals surface area contributed by atoms with Gasteiger partial charge < -0.3 is 4.74 Å². The Morgan fingerprint density at radius 2 is 1.28 bits per heavy atom. The van der Waals surface area contributed by atoms with E-state index >= 15 is 0 Å². The van der Waals surface area contributed by atoms with Crippen LogP contribution in [0, 0.1) is 11.8 Å². The van der Waals surface area contributed by atoms with E-state index in [2.05, 4.69) is 13.8 Å². The maximum Gasteiger partial charge on any atom is 0.317 e. The normalized spacial score (nSPS) is 18.6. The number of carbonyl (C=O) groups excluding carboxylic acids is 2. The third-order valence-corrected chi connectivity index (χ3v) is 5.51. The van der Waals surface area contributed by atoms with Crippen molar-refractivity contribution in [2.24, 2.45) is 11.8 Å². The molecule has 1 saturated heterocycles. The van der Waals surface area contributed by atoms with Gasteiger partial charge in [-0.1, -0.05) is 104 Å². The average Bonchev–Trinajstić information content (AvgIpc) is 2.90. The third kappa shape index (κ3) is 10.7. The first-order valence-corrected chi connectivity index (χ1v) is 10.9. The number of rotatable bonds is 16. The summed E-state index contributed by atoms with van der Waals surface area (Å²) in [6.45, 7) is 4.50. The molecule has 3 nitrogen and oxygen atoms in total. The molecule has 1 aliphatic rings. The minimum absolute atomic E-state index is 0.169. The number of unbranched alkanes of at least 4 members (excludes halogenated alkanes) is 10. The van der Waals surface area contributed by atoms with Crippen molar-refractivity contribution in [3.63, 3.8) is 0 Å². The zero-order valence-corrected chi connectivity index (χ0v) is 16.7. The molecule has 0 aromatic rings. The molecule has 3 heteroatoms. The lowest BCUT2D eigenvalue weighted by Gasteiger charge is -2.18. The molecule has 1 rings (SSSR count). The van der Waals surface area contributed by atoms with Crippen LogP contribution in [0.1, 0.15) is 117 Å². The van der Waals surface area contributed by atoms with Crippen molar-refractivity contribution in [3.8, 4) is 0 Å². The number of esters is 2. The fourth-order valence-electron chi connectivity index (χ4n) is 3.91. The molecular weight excluding hydrogens is 312 g/mol. The SMILES string of the molecule is CCCCCCCCCC(CCCCCCC)CC1CC(=O)OC1=O. The highest BCUT2D eigenvalue weighted by Crippen LogP contribution is 2.30. The van der Waals surface area contributed by atoms with Crippen LogP contribution in [0.3, 0.4) is 0 Å². The molecule has 0 radical (unpaired) electrons. The van der Waals surface area contributed by atoms with E-state index in [0.717, 1.165) is 6.42 Å². The van der Waals surface area contributed by atoms with Crippen molar-refractivity contribution in [1.29, 1.82) is 0 Å². The molecule has 25 heavy (non-hydrogen) atoms. The van der Waals surface area contributed by atoms with Gasteiger partial charge in [0.05, 0.1) is 12.3 Å². The standard InChI is InChI=1S/C22H40O3/c1-3-5-7-9-10-12-14-16-19(15-13-11-8-6-4-2)17-20-18-21(23)25-22(20)24/h19-20H,3-18H2,1-2H3. The molecule has 0 bridgehead atoms. The van der Waals surface area contributed by atoms with E-state index in [-0.39, 0.29) is 17.9 Å². The van der Waals surface area contributed by atoms with Crippen LogP contribution in [-0.4, -0.2) is 11.9 Å². The van der Waals surface area contributed by atoms with Gasteiger partial charge in [-0.2, -0.15) is 0 Å². The summed E-state index contributed by atoms with van der Waals surface area (Å²) in [6, 6.07) is 0. The van der Waals surface area contributed by atoms with Crippen molar-refractivity contribution in [2.75, 3.05) is 0 Å². The second-order valence-electron chi connectivity index (χ2n) is 7.91. The smallest absolute Gasteiger partial charge is 0.317 e. The maximum absolute atomic E-state index is 11.8. The van der Waals surface area contributed by atoms with Gasteiger partial charge in [0.1, 0.15) is 0 Å². The van der Waals surface area contributed by atoms with Crippen molar-refractivity contribution < 1.29 is 14.3 Å². The summed E-state index contributed by atoms with van der Waals surface area (Å²) in [5, 5.41) is 0. The van der Waals surface area contributed by atoms with Gasteiger partial charge >= 0.3 is 11.9 Å². The van der Waals surface area contributed by atoms with Crippen molar-refractivity contribution in [3.05, 3.63) is 0 Å². The fraction of sp³-hybridized carbons (Fsp3) is 0.909. The number of hydrogen-bond acceptors (Lipinski definition) is 3. The molecule has 0 aromatic carbocycles. The number of cyclic esters (lactones) is 2. The molecule has 0 spiro atoms. The Hall–Kier alpha value is -0.860. The van der Waals surface area contributed by atoms with Gasteiger partial charge in [0.15, 0.2) is 0 Å². The van der Waals surface area contributed by atoms with Crippen LogP contribution in [0.5, 0.6) is 0 Å². The Balaban J connectivity index is 2.26. The van der Waals surface area contributed by atoms with Crippen LogP contribution in [0.2, 0.25) is 0 Å². The van der Waals surface area contributed by atoms with E-state index in [1.807, 2.05) is 0 Å². The van der Waals surface area contributed by atoms with E-state index in [1.165, 1.54) is 89.9 Å². The number of carbonyl (C=O) groups is 2. The zero-order valence-electron chi connectivity index (χ0n) is 16.7. The van der Waals surface area contributed by atoms with Crippen molar-refractivity contribution >= 4 is 11.9 Å². The van der Waals surface area contributed by atoms with E-state index in [0.29, 0.717) is 12.3 Å². The molecule has 0 amide bonds. The summed E-state index contributed by atoms with van der Waals surface area (Å²) >= 11 is 0. The molecule has 0 aliphatic carbocycles. The van der Waals surface area contributed by atoms with Gasteiger partial charge in [-0.05, 0) is 12.3 Å². The van der Waals surface area contributed by atoms with Crippen molar-refractivity contribution in [2.45, 2.75) is 117 Å². The Kier molecular flexibility index (Phi) is 12.7. The van der Waals surface area contributed by atoms with E-state index < -0.39 is 0 Å². The fourth-order valence-corrected chi connectivity index (χ4v) is 3.91. The highest BCUT2D eigenvalue weighted by Gasteiger charge is 2.34. The van der Waals surface area contributed by atoms with Crippen LogP contribution in [0.15, 0.2) is 0 Å². The lowest BCUT2D eigenvalue weighted by molar-refractivity contribution is -0.153. The molecule has 146 valence electrons. The van der Waals surface area contributed by atoms with Crippen molar-refractivity contribution in [1.82, 2.24) is 0 Å². The van der Waals surface area contributed by atoms with Gasteiger partial charge in [0, 0.05) is 0 Å². The largest absolute Gasteiger partial charge is 0.393 e. The Labute approximate surface area is 155 Å². The van der Waals surface area contributed by atoms with Gasteiger partial charge in [-0.3, -0.25) is 9.59 Å². The summed E-state index contributed by atoms with van der Waals surface area (Å²) in [6.07, 6.45) is 19.4. The third-order valence-electron chi connectivity index (χ3n) is 5.51. The van der Waals surface area contributed by atoms with Gasteiger partial charge in [-0.25, -0.2) is 0 Å². The van der Waals surface area contributed by atoms with Gasteiger partial charge in [0.25, 0.3) is 0 Å². The molecule has 0 N–H and O–H groups in total. The maximum atomic E-state index is 11.8. The molecule has 0 aromatic heterocycles. The highest BCUT2D eigenvalue weighted by atomic mass is 16.6. The highest BCUT2D eigenvalue weighted by molar-refractivity contribution is 5.94. The molecule has 1 aliphatic heterocycles. The Bertz CT molecular complexity index is 364. The predicted molar refractivity (Wildman–Crippen MR) is 103 cm³/mol. The predicted octanol–water partition coefficient (Wildman–Crippen LogP) is 6.58. The second kappa shape index (κ2) is 14.3. The number of ether oxygens (including phenoxy) is 1. The topological polar surface area (TPSA) is 43.4 Å². The monoisotopic (exact) mass is 352 g/mol. The minimum atomic E-state index is -0.326. The quantitative estimate of drug-likeness (QED) is 0.179. The van der Waals surface area contributed by atoms with Crippen LogP contribution in [0.4, 0.5) is 0 Å². The Morgan fingerprint density at radius 1 is 0.800 bits per heavy atom. The van der Waals surface area contributed by atoms with Crippen LogP contribution in [-0.2, 0) is 14.3 Å². The van der Waals surface area contributed by atoms with Crippen LogP contribution in [0.25, 0.3) is 0 Å². The zero-order chi connectivity index (χ0) is 18.3. The minimum Gasteiger partial charge on any atom is -0.393 e. The average molecular weight is 353 g/mol. The lowest BCUT2D eigenvalue weighted by Crippen LogP contribution is -2.14. The summed E-state index contributed by atoms with van der Waals surface area (Å²) in [5.74, 6) is -0.188. The van der Waals surface area contributed by atoms with E-state index in [9.17, 15) is 9.59 Å². The summed E-state index contributed by atoms with van der Waals surface area (Å²) in [4.78, 5) is 23.1. The van der Waals surface area contributed by atoms with Crippen LogP contribution < -0.4 is 0 Å². The lowest BCUT2D eigenvalue weighted by atomic mass is 9.85. The van der Waals surface area contributed by atoms with E-state index in [4.69, 9.17) is 4.74 Å².